The van der Waals surface area contributed by atoms with Crippen molar-refractivity contribution in [2.75, 3.05) is 6.61 Å². The Morgan fingerprint density at radius 2 is 1.61 bits per heavy atom. The van der Waals surface area contributed by atoms with Crippen LogP contribution >= 0.6 is 0 Å². The van der Waals surface area contributed by atoms with E-state index in [2.05, 4.69) is 0 Å². The van der Waals surface area contributed by atoms with E-state index in [-0.39, 0.29) is 23.5 Å². The summed E-state index contributed by atoms with van der Waals surface area (Å²) in [4.78, 5) is 22.0. The van der Waals surface area contributed by atoms with Crippen LogP contribution in [0, 0.1) is 19.7 Å². The first-order chi connectivity index (χ1) is 15.7. The van der Waals surface area contributed by atoms with Gasteiger partial charge in [-0.1, -0.05) is 43.9 Å². The summed E-state index contributed by atoms with van der Waals surface area (Å²) >= 11 is 0. The van der Waals surface area contributed by atoms with Crippen LogP contribution in [0.1, 0.15) is 67.7 Å². The van der Waals surface area contributed by atoms with E-state index in [1.165, 1.54) is 6.07 Å². The number of amides is 1. The maximum Gasteiger partial charge on any atom is 0.303 e. The molecule has 1 unspecified atom stereocenters. The lowest BCUT2D eigenvalue weighted by Gasteiger charge is -2.18. The number of rotatable bonds is 14. The molecule has 2 aromatic rings. The maximum absolute atomic E-state index is 14.8. The minimum absolute atomic E-state index is 0.0532. The van der Waals surface area contributed by atoms with Crippen LogP contribution in [0.25, 0.3) is 0 Å². The summed E-state index contributed by atoms with van der Waals surface area (Å²) < 4.78 is 26.3. The van der Waals surface area contributed by atoms with Crippen molar-refractivity contribution < 1.29 is 33.7 Å². The molecule has 1 amide bonds. The van der Waals surface area contributed by atoms with E-state index in [1.807, 2.05) is 32.0 Å². The Labute approximate surface area is 193 Å². The lowest BCUT2D eigenvalue weighted by Crippen LogP contribution is -2.22. The molecule has 33 heavy (non-hydrogen) atoms. The second kappa shape index (κ2) is 12.8. The molecule has 0 bridgehead atoms. The van der Waals surface area contributed by atoms with Crippen molar-refractivity contribution in [2.45, 2.75) is 64.9 Å². The summed E-state index contributed by atoms with van der Waals surface area (Å²) in [5.41, 5.74) is 6.82. The number of hydrogen-bond acceptors (Lipinski definition) is 5. The molecule has 4 N–H and O–H groups in total. The Bertz CT molecular complexity index is 942. The van der Waals surface area contributed by atoms with E-state index >= 15 is 0 Å². The van der Waals surface area contributed by atoms with Gasteiger partial charge in [-0.25, -0.2) is 4.39 Å². The van der Waals surface area contributed by atoms with Crippen molar-refractivity contribution in [1.82, 2.24) is 0 Å². The molecule has 1 atom stereocenters. The third kappa shape index (κ3) is 8.05. The first-order valence-electron chi connectivity index (χ1n) is 11.1. The van der Waals surface area contributed by atoms with Crippen molar-refractivity contribution >= 4 is 11.9 Å². The third-order valence-corrected chi connectivity index (χ3v) is 5.29. The predicted molar refractivity (Wildman–Crippen MR) is 122 cm³/mol. The molecule has 0 aliphatic carbocycles. The first kappa shape index (κ1) is 26.1. The summed E-state index contributed by atoms with van der Waals surface area (Å²) in [7, 11) is 0. The minimum Gasteiger partial charge on any atom is -0.493 e. The smallest absolute Gasteiger partial charge is 0.303 e. The van der Waals surface area contributed by atoms with Gasteiger partial charge in [0, 0.05) is 18.1 Å². The number of primary amides is 1. The molecule has 0 fully saturated rings. The number of aryl methyl sites for hydroxylation is 2. The molecule has 0 aromatic heterocycles. The molecule has 7 nitrogen and oxygen atoms in total. The molecule has 0 saturated heterocycles. The predicted octanol–water partition coefficient (Wildman–Crippen LogP) is 4.95. The number of halogens is 1. The van der Waals surface area contributed by atoms with Gasteiger partial charge in [-0.2, -0.15) is 0 Å². The lowest BCUT2D eigenvalue weighted by molar-refractivity contribution is -0.137. The molecule has 2 rings (SSSR count). The van der Waals surface area contributed by atoms with Gasteiger partial charge < -0.3 is 25.4 Å². The molecule has 0 spiro atoms. The van der Waals surface area contributed by atoms with Gasteiger partial charge in [0.05, 0.1) is 6.61 Å². The van der Waals surface area contributed by atoms with Crippen LogP contribution in [-0.2, 0) is 9.59 Å². The van der Waals surface area contributed by atoms with Gasteiger partial charge in [-0.3, -0.25) is 9.59 Å². The van der Waals surface area contributed by atoms with Crippen molar-refractivity contribution in [2.24, 2.45) is 5.73 Å². The average molecular weight is 462 g/mol. The SMILES string of the molecule is Cc1cccc(C)c1Oc1cc(OCCCCCCCCC(=O)O)c(C(O)C(N)=O)cc1F. The van der Waals surface area contributed by atoms with Crippen LogP contribution in [-0.4, -0.2) is 28.7 Å². The number of carboxylic acid groups (broad SMARTS) is 1. The van der Waals surface area contributed by atoms with E-state index in [1.54, 1.807) is 0 Å². The summed E-state index contributed by atoms with van der Waals surface area (Å²) in [6, 6.07) is 7.92. The number of hydrogen-bond donors (Lipinski definition) is 3. The molecule has 0 radical (unpaired) electrons. The van der Waals surface area contributed by atoms with E-state index in [0.717, 1.165) is 42.9 Å². The van der Waals surface area contributed by atoms with Crippen molar-refractivity contribution in [3.05, 3.63) is 52.8 Å². The van der Waals surface area contributed by atoms with Crippen molar-refractivity contribution in [3.8, 4) is 17.2 Å². The normalized spacial score (nSPS) is 11.8. The number of carboxylic acids is 1. The highest BCUT2D eigenvalue weighted by Crippen LogP contribution is 2.36. The summed E-state index contributed by atoms with van der Waals surface area (Å²) in [6.45, 7) is 4.00. The fourth-order valence-electron chi connectivity index (χ4n) is 3.46. The molecular weight excluding hydrogens is 429 g/mol. The van der Waals surface area contributed by atoms with Crippen LogP contribution in [0.3, 0.4) is 0 Å². The number of aliphatic hydroxyl groups is 1. The van der Waals surface area contributed by atoms with Crippen LogP contribution < -0.4 is 15.2 Å². The molecule has 0 heterocycles. The second-order valence-electron chi connectivity index (χ2n) is 8.06. The summed E-state index contributed by atoms with van der Waals surface area (Å²) in [5, 5.41) is 18.8. The monoisotopic (exact) mass is 461 g/mol. The molecule has 0 saturated carbocycles. The number of ether oxygens (including phenoxy) is 2. The minimum atomic E-state index is -1.71. The van der Waals surface area contributed by atoms with Gasteiger partial charge in [0.25, 0.3) is 5.91 Å². The zero-order chi connectivity index (χ0) is 24.4. The van der Waals surface area contributed by atoms with E-state index < -0.39 is 23.8 Å². The molecule has 2 aromatic carbocycles. The standard InChI is InChI=1S/C25H32FNO6/c1-16-10-9-11-17(2)24(16)33-21-15-20(18(14-19(21)26)23(30)25(27)31)32-13-8-6-4-3-5-7-12-22(28)29/h9-11,14-15,23,30H,3-8,12-13H2,1-2H3,(H2,27,31)(H,28,29). The van der Waals surface area contributed by atoms with E-state index in [9.17, 15) is 19.1 Å². The van der Waals surface area contributed by atoms with Gasteiger partial charge in [0.1, 0.15) is 11.5 Å². The maximum atomic E-state index is 14.8. The Morgan fingerprint density at radius 3 is 2.21 bits per heavy atom. The average Bonchev–Trinajstić information content (AvgIpc) is 2.75. The molecule has 8 heteroatoms. The number of unbranched alkanes of at least 4 members (excludes halogenated alkanes) is 5. The van der Waals surface area contributed by atoms with Crippen molar-refractivity contribution in [1.29, 1.82) is 0 Å². The number of carbonyl (C=O) groups excluding carboxylic acids is 1. The van der Waals surface area contributed by atoms with Gasteiger partial charge in [0.15, 0.2) is 17.7 Å². The Morgan fingerprint density at radius 1 is 1.00 bits per heavy atom. The number of carbonyl (C=O) groups is 2. The second-order valence-corrected chi connectivity index (χ2v) is 8.06. The fraction of sp³-hybridized carbons (Fsp3) is 0.440. The number of benzene rings is 2. The molecule has 0 aliphatic heterocycles. The first-order valence-corrected chi connectivity index (χ1v) is 11.1. The van der Waals surface area contributed by atoms with Crippen LogP contribution in [0.4, 0.5) is 4.39 Å². The zero-order valence-electron chi connectivity index (χ0n) is 19.1. The van der Waals surface area contributed by atoms with Gasteiger partial charge in [-0.15, -0.1) is 0 Å². The van der Waals surface area contributed by atoms with E-state index in [0.29, 0.717) is 25.2 Å². The van der Waals surface area contributed by atoms with Crippen LogP contribution in [0.5, 0.6) is 17.2 Å². The number of nitrogens with two attached hydrogens (primary N) is 1. The highest BCUT2D eigenvalue weighted by atomic mass is 19.1. The van der Waals surface area contributed by atoms with Crippen LogP contribution in [0.2, 0.25) is 0 Å². The Hall–Kier alpha value is -3.13. The largest absolute Gasteiger partial charge is 0.493 e. The fourth-order valence-corrected chi connectivity index (χ4v) is 3.46. The van der Waals surface area contributed by atoms with Crippen LogP contribution in [0.15, 0.2) is 30.3 Å². The van der Waals surface area contributed by atoms with Gasteiger partial charge in [0.2, 0.25) is 0 Å². The third-order valence-electron chi connectivity index (χ3n) is 5.29. The van der Waals surface area contributed by atoms with Gasteiger partial charge >= 0.3 is 5.97 Å². The highest BCUT2D eigenvalue weighted by Gasteiger charge is 2.23. The Balaban J connectivity index is 2.05. The lowest BCUT2D eigenvalue weighted by atomic mass is 10.1. The van der Waals surface area contributed by atoms with Gasteiger partial charge in [-0.05, 0) is 43.9 Å². The number of para-hydroxylation sites is 1. The molecule has 0 aliphatic rings. The summed E-state index contributed by atoms with van der Waals surface area (Å²) in [5.74, 6) is -1.97. The number of aliphatic hydroxyl groups excluding tert-OH is 1. The molecular formula is C25H32FNO6. The molecule has 180 valence electrons. The zero-order valence-corrected chi connectivity index (χ0v) is 19.1. The number of aliphatic carboxylic acids is 1. The Kier molecular flexibility index (Phi) is 10.1. The summed E-state index contributed by atoms with van der Waals surface area (Å²) in [6.07, 6.45) is 3.44. The van der Waals surface area contributed by atoms with E-state index in [4.69, 9.17) is 20.3 Å². The quantitative estimate of drug-likeness (QED) is 0.343. The topological polar surface area (TPSA) is 119 Å². The highest BCUT2D eigenvalue weighted by molar-refractivity contribution is 5.81. The van der Waals surface area contributed by atoms with Crippen molar-refractivity contribution in [3.63, 3.8) is 0 Å².